The second kappa shape index (κ2) is 13.3. The van der Waals surface area contributed by atoms with E-state index in [1.165, 1.54) is 73.7 Å². The first-order valence-electron chi connectivity index (χ1n) is 19.6. The zero-order valence-electron chi connectivity index (χ0n) is 31.2. The van der Waals surface area contributed by atoms with E-state index in [-0.39, 0.29) is 0 Å². The van der Waals surface area contributed by atoms with Crippen LogP contribution in [-0.2, 0) is 0 Å². The van der Waals surface area contributed by atoms with E-state index in [1.807, 2.05) is 28.7 Å². The molecule has 0 amide bonds. The van der Waals surface area contributed by atoms with Crippen LogP contribution in [0.15, 0.2) is 205 Å². The first kappa shape index (κ1) is 33.2. The van der Waals surface area contributed by atoms with Crippen molar-refractivity contribution in [3.63, 3.8) is 0 Å². The van der Waals surface area contributed by atoms with Gasteiger partial charge in [0, 0.05) is 68.1 Å². The molecule has 0 aliphatic carbocycles. The maximum absolute atomic E-state index is 6.34. The fraction of sp³-hybridized carbons (Fsp3) is 0. The van der Waals surface area contributed by atoms with Crippen molar-refractivity contribution in [2.45, 2.75) is 0 Å². The highest BCUT2D eigenvalue weighted by atomic mass is 32.1. The van der Waals surface area contributed by atoms with Crippen LogP contribution in [0.25, 0.3) is 95.7 Å². The number of nitrogens with zero attached hydrogens (tertiary/aromatic N) is 1. The molecule has 0 aliphatic heterocycles. The first-order chi connectivity index (χ1) is 28.7. The van der Waals surface area contributed by atoms with Crippen LogP contribution in [0.1, 0.15) is 0 Å². The normalized spacial score (nSPS) is 11.8. The topological polar surface area (TPSA) is 16.4 Å². The fourth-order valence-electron chi connectivity index (χ4n) is 8.76. The molecule has 0 atom stereocenters. The summed E-state index contributed by atoms with van der Waals surface area (Å²) in [6, 6.07) is 72.7. The summed E-state index contributed by atoms with van der Waals surface area (Å²) in [5.41, 5.74) is 12.5. The van der Waals surface area contributed by atoms with Gasteiger partial charge in [-0.3, -0.25) is 0 Å². The Morgan fingerprint density at radius 1 is 0.345 bits per heavy atom. The van der Waals surface area contributed by atoms with E-state index in [9.17, 15) is 0 Å². The number of furan rings is 1. The molecular weight excluding hydrogens is 743 g/mol. The Balaban J connectivity index is 1.14. The van der Waals surface area contributed by atoms with Gasteiger partial charge in [0.15, 0.2) is 0 Å². The average molecular weight is 776 g/mol. The van der Waals surface area contributed by atoms with Crippen molar-refractivity contribution in [3.05, 3.63) is 200 Å². The summed E-state index contributed by atoms with van der Waals surface area (Å²) in [5.74, 6) is 0. The minimum absolute atomic E-state index is 0.887. The van der Waals surface area contributed by atoms with Gasteiger partial charge >= 0.3 is 0 Å². The van der Waals surface area contributed by atoms with Crippen LogP contribution < -0.4 is 4.90 Å². The van der Waals surface area contributed by atoms with Crippen molar-refractivity contribution in [1.29, 1.82) is 0 Å². The maximum atomic E-state index is 6.34. The van der Waals surface area contributed by atoms with Crippen molar-refractivity contribution < 1.29 is 4.42 Å². The number of rotatable bonds is 6. The molecule has 272 valence electrons. The highest BCUT2D eigenvalue weighted by Crippen LogP contribution is 2.50. The molecule has 0 spiro atoms. The number of anilines is 3. The third-order valence-corrected chi connectivity index (χ3v) is 13.9. The van der Waals surface area contributed by atoms with Crippen molar-refractivity contribution in [3.8, 4) is 33.4 Å². The van der Waals surface area contributed by atoms with Gasteiger partial charge in [-0.15, -0.1) is 22.7 Å². The molecule has 0 radical (unpaired) electrons. The molecule has 0 unspecified atom stereocenters. The number of benzene rings is 9. The van der Waals surface area contributed by atoms with Gasteiger partial charge in [0.1, 0.15) is 11.2 Å². The zero-order chi connectivity index (χ0) is 38.2. The van der Waals surface area contributed by atoms with Gasteiger partial charge in [-0.2, -0.15) is 0 Å². The van der Waals surface area contributed by atoms with Gasteiger partial charge in [0.2, 0.25) is 0 Å². The lowest BCUT2D eigenvalue weighted by Crippen LogP contribution is -2.10. The molecule has 0 saturated heterocycles. The van der Waals surface area contributed by atoms with E-state index < -0.39 is 0 Å². The predicted molar refractivity (Wildman–Crippen MR) is 250 cm³/mol. The van der Waals surface area contributed by atoms with Crippen molar-refractivity contribution >= 4 is 102 Å². The molecule has 4 heteroatoms. The van der Waals surface area contributed by atoms with E-state index in [2.05, 4.69) is 199 Å². The summed E-state index contributed by atoms with van der Waals surface area (Å²) in [5, 5.41) is 7.29. The Bertz CT molecular complexity index is 3510. The fourth-order valence-corrected chi connectivity index (χ4v) is 11.3. The molecule has 3 aromatic heterocycles. The van der Waals surface area contributed by atoms with Crippen LogP contribution in [0.4, 0.5) is 17.1 Å². The molecule has 58 heavy (non-hydrogen) atoms. The number of thiophene rings is 2. The van der Waals surface area contributed by atoms with Gasteiger partial charge < -0.3 is 9.32 Å². The van der Waals surface area contributed by atoms with Crippen LogP contribution in [0.2, 0.25) is 0 Å². The minimum atomic E-state index is 0.887. The summed E-state index contributed by atoms with van der Waals surface area (Å²) >= 11 is 3.76. The van der Waals surface area contributed by atoms with Gasteiger partial charge in [-0.1, -0.05) is 140 Å². The minimum Gasteiger partial charge on any atom is -0.456 e. The first-order valence-corrected chi connectivity index (χ1v) is 21.2. The van der Waals surface area contributed by atoms with Crippen LogP contribution in [0.3, 0.4) is 0 Å². The van der Waals surface area contributed by atoms with Crippen molar-refractivity contribution in [2.75, 3.05) is 4.90 Å². The van der Waals surface area contributed by atoms with Gasteiger partial charge in [0.25, 0.3) is 0 Å². The molecule has 3 heterocycles. The summed E-state index contributed by atoms with van der Waals surface area (Å²) < 4.78 is 11.5. The highest BCUT2D eigenvalue weighted by molar-refractivity contribution is 7.27. The largest absolute Gasteiger partial charge is 0.456 e. The lowest BCUT2D eigenvalue weighted by Gasteiger charge is -2.27. The van der Waals surface area contributed by atoms with Crippen LogP contribution in [-0.4, -0.2) is 0 Å². The third kappa shape index (κ3) is 5.30. The second-order valence-electron chi connectivity index (χ2n) is 14.8. The van der Waals surface area contributed by atoms with Crippen LogP contribution in [0.5, 0.6) is 0 Å². The quantitative estimate of drug-likeness (QED) is 0.167. The predicted octanol–water partition coefficient (Wildman–Crippen LogP) is 16.8. The highest BCUT2D eigenvalue weighted by Gasteiger charge is 2.23. The lowest BCUT2D eigenvalue weighted by molar-refractivity contribution is 0.669. The molecule has 0 fully saturated rings. The summed E-state index contributed by atoms with van der Waals surface area (Å²) in [4.78, 5) is 2.47. The maximum Gasteiger partial charge on any atom is 0.135 e. The smallest absolute Gasteiger partial charge is 0.135 e. The number of hydrogen-bond acceptors (Lipinski definition) is 4. The Hall–Kier alpha value is -6.98. The number of para-hydroxylation sites is 1. The lowest BCUT2D eigenvalue weighted by atomic mass is 9.96. The van der Waals surface area contributed by atoms with Crippen LogP contribution >= 0.6 is 22.7 Å². The Morgan fingerprint density at radius 2 is 0.966 bits per heavy atom. The zero-order valence-corrected chi connectivity index (χ0v) is 32.9. The molecule has 2 nitrogen and oxygen atoms in total. The van der Waals surface area contributed by atoms with Crippen LogP contribution in [0, 0.1) is 0 Å². The van der Waals surface area contributed by atoms with E-state index in [1.54, 1.807) is 0 Å². The molecule has 0 N–H and O–H groups in total. The van der Waals surface area contributed by atoms with E-state index >= 15 is 0 Å². The summed E-state index contributed by atoms with van der Waals surface area (Å²) in [6.07, 6.45) is 0. The van der Waals surface area contributed by atoms with E-state index in [0.717, 1.165) is 39.0 Å². The van der Waals surface area contributed by atoms with E-state index in [0.29, 0.717) is 0 Å². The molecular formula is C54H33NOS2. The van der Waals surface area contributed by atoms with Gasteiger partial charge in [-0.25, -0.2) is 0 Å². The molecule has 12 rings (SSSR count). The molecule has 0 aliphatic rings. The average Bonchev–Trinajstić information content (AvgIpc) is 3.98. The standard InChI is InChI=1S/C54H33NOS2/c1-4-14-34(15-5-1)37-30-44(36-18-8-3-9-19-36)53-46(31-37)42-26-24-39(33-51(42)58-53)55(38-25-29-49-45(32-38)41-20-10-12-22-48(41)56-49)47-28-27-40(35-16-6-2-7-17-35)54-52(47)43-21-11-13-23-50(43)57-54/h1-33H. The van der Waals surface area contributed by atoms with Gasteiger partial charge in [-0.05, 0) is 88.5 Å². The molecule has 9 aromatic carbocycles. The monoisotopic (exact) mass is 775 g/mol. The van der Waals surface area contributed by atoms with Crippen molar-refractivity contribution in [2.24, 2.45) is 0 Å². The van der Waals surface area contributed by atoms with Gasteiger partial charge in [0.05, 0.1) is 5.69 Å². The Labute approximate surface area is 343 Å². The summed E-state index contributed by atoms with van der Waals surface area (Å²) in [7, 11) is 0. The second-order valence-corrected chi connectivity index (χ2v) is 16.9. The SMILES string of the molecule is c1ccc(-c2cc(-c3ccccc3)c3sc4cc(N(c5ccc6oc7ccccc7c6c5)c5ccc(-c6ccccc6)c6sc7ccccc7c56)ccc4c3c2)cc1. The Kier molecular flexibility index (Phi) is 7.62. The number of hydrogen-bond donors (Lipinski definition) is 0. The summed E-state index contributed by atoms with van der Waals surface area (Å²) in [6.45, 7) is 0. The molecule has 0 saturated carbocycles. The number of fused-ring (bicyclic) bond motifs is 9. The Morgan fingerprint density at radius 3 is 1.76 bits per heavy atom. The molecule has 0 bridgehead atoms. The molecule has 12 aromatic rings. The third-order valence-electron chi connectivity index (χ3n) is 11.5. The van der Waals surface area contributed by atoms with Crippen molar-refractivity contribution in [1.82, 2.24) is 0 Å². The van der Waals surface area contributed by atoms with E-state index in [4.69, 9.17) is 4.42 Å².